The molecule has 0 bridgehead atoms. The van der Waals surface area contributed by atoms with Crippen molar-refractivity contribution in [2.45, 2.75) is 45.1 Å². The van der Waals surface area contributed by atoms with Crippen molar-refractivity contribution in [3.8, 4) is 0 Å². The van der Waals surface area contributed by atoms with Gasteiger partial charge in [-0.15, -0.1) is 11.3 Å². The fourth-order valence-electron chi connectivity index (χ4n) is 3.13. The third-order valence-corrected chi connectivity index (χ3v) is 5.53. The third-order valence-electron chi connectivity index (χ3n) is 4.36. The van der Waals surface area contributed by atoms with Crippen LogP contribution in [0.1, 0.15) is 47.0 Å². The molecule has 6 heteroatoms. The molecule has 1 saturated heterocycles. The van der Waals surface area contributed by atoms with E-state index in [-0.39, 0.29) is 11.9 Å². The Morgan fingerprint density at radius 2 is 2.18 bits per heavy atom. The van der Waals surface area contributed by atoms with Gasteiger partial charge in [0.05, 0.1) is 12.7 Å². The lowest BCUT2D eigenvalue weighted by molar-refractivity contribution is -0.124. The summed E-state index contributed by atoms with van der Waals surface area (Å²) in [4.78, 5) is 25.6. The van der Waals surface area contributed by atoms with Crippen LogP contribution in [-0.4, -0.2) is 31.7 Å². The van der Waals surface area contributed by atoms with Crippen molar-refractivity contribution in [3.05, 3.63) is 16.0 Å². The monoisotopic (exact) mass is 323 g/mol. The van der Waals surface area contributed by atoms with E-state index in [9.17, 15) is 9.59 Å². The Labute approximate surface area is 134 Å². The summed E-state index contributed by atoms with van der Waals surface area (Å²) in [7, 11) is 1.38. The van der Waals surface area contributed by atoms with Crippen LogP contribution < -0.4 is 5.32 Å². The second-order valence-corrected chi connectivity index (χ2v) is 7.14. The van der Waals surface area contributed by atoms with Gasteiger partial charge in [0.15, 0.2) is 0 Å². The Balaban J connectivity index is 1.89. The number of anilines is 1. The minimum Gasteiger partial charge on any atom is -0.465 e. The van der Waals surface area contributed by atoms with E-state index in [4.69, 9.17) is 9.47 Å². The number of carbonyl (C=O) groups is 2. The predicted octanol–water partition coefficient (Wildman–Crippen LogP) is 2.78. The number of carbonyl (C=O) groups excluding carboxylic acids is 2. The third kappa shape index (κ3) is 2.90. The van der Waals surface area contributed by atoms with E-state index in [0.717, 1.165) is 37.7 Å². The van der Waals surface area contributed by atoms with Gasteiger partial charge in [0, 0.05) is 11.5 Å². The summed E-state index contributed by atoms with van der Waals surface area (Å²) in [6.45, 7) is 2.84. The molecular formula is C16H21NO4S. The maximum absolute atomic E-state index is 12.3. The average molecular weight is 323 g/mol. The van der Waals surface area contributed by atoms with Gasteiger partial charge in [0.1, 0.15) is 11.1 Å². The first-order chi connectivity index (χ1) is 10.6. The molecule has 0 unspecified atom stereocenters. The van der Waals surface area contributed by atoms with Crippen molar-refractivity contribution >= 4 is 28.2 Å². The SMILES string of the molecule is COC(=O)c1c(NC(=O)[C@H]2CCCO2)sc2c1CC[C@@H](C)C2. The van der Waals surface area contributed by atoms with Crippen molar-refractivity contribution < 1.29 is 19.1 Å². The van der Waals surface area contributed by atoms with Gasteiger partial charge in [-0.2, -0.15) is 0 Å². The first kappa shape index (κ1) is 15.5. The zero-order chi connectivity index (χ0) is 15.7. The summed E-state index contributed by atoms with van der Waals surface area (Å²) in [5.41, 5.74) is 1.60. The van der Waals surface area contributed by atoms with Crippen LogP contribution in [-0.2, 0) is 27.1 Å². The van der Waals surface area contributed by atoms with E-state index in [1.807, 2.05) is 0 Å². The van der Waals surface area contributed by atoms with Gasteiger partial charge in [-0.25, -0.2) is 4.79 Å². The van der Waals surface area contributed by atoms with E-state index in [0.29, 0.717) is 23.1 Å². The largest absolute Gasteiger partial charge is 0.465 e. The number of rotatable bonds is 3. The zero-order valence-electron chi connectivity index (χ0n) is 12.9. The number of hydrogen-bond donors (Lipinski definition) is 1. The van der Waals surface area contributed by atoms with Crippen LogP contribution in [0, 0.1) is 5.92 Å². The molecule has 2 heterocycles. The summed E-state index contributed by atoms with van der Waals surface area (Å²) < 4.78 is 10.3. The highest BCUT2D eigenvalue weighted by Gasteiger charge is 2.31. The molecule has 2 atom stereocenters. The van der Waals surface area contributed by atoms with Crippen LogP contribution in [0.15, 0.2) is 0 Å². The van der Waals surface area contributed by atoms with Gasteiger partial charge < -0.3 is 14.8 Å². The summed E-state index contributed by atoms with van der Waals surface area (Å²) >= 11 is 1.51. The molecule has 120 valence electrons. The maximum Gasteiger partial charge on any atom is 0.341 e. The molecule has 1 aliphatic carbocycles. The van der Waals surface area contributed by atoms with E-state index in [1.165, 1.54) is 23.3 Å². The second-order valence-electron chi connectivity index (χ2n) is 6.04. The fourth-order valence-corrected chi connectivity index (χ4v) is 4.54. The molecule has 1 amide bonds. The first-order valence-electron chi connectivity index (χ1n) is 7.75. The van der Waals surface area contributed by atoms with Crippen LogP contribution in [0.5, 0.6) is 0 Å². The number of thiophene rings is 1. The molecular weight excluding hydrogens is 302 g/mol. The summed E-state index contributed by atoms with van der Waals surface area (Å²) in [5, 5.41) is 3.51. The Bertz CT molecular complexity index is 589. The minimum absolute atomic E-state index is 0.158. The van der Waals surface area contributed by atoms with Crippen molar-refractivity contribution in [1.29, 1.82) is 0 Å². The molecule has 0 spiro atoms. The average Bonchev–Trinajstić information content (AvgIpc) is 3.13. The van der Waals surface area contributed by atoms with Crippen molar-refractivity contribution in [1.82, 2.24) is 0 Å². The van der Waals surface area contributed by atoms with Crippen LogP contribution in [0.2, 0.25) is 0 Å². The molecule has 1 aromatic heterocycles. The lowest BCUT2D eigenvalue weighted by Gasteiger charge is -2.18. The van der Waals surface area contributed by atoms with E-state index < -0.39 is 6.10 Å². The molecule has 1 aromatic rings. The molecule has 22 heavy (non-hydrogen) atoms. The number of hydrogen-bond acceptors (Lipinski definition) is 5. The number of esters is 1. The molecule has 0 radical (unpaired) electrons. The highest BCUT2D eigenvalue weighted by molar-refractivity contribution is 7.17. The first-order valence-corrected chi connectivity index (χ1v) is 8.57. The Morgan fingerprint density at radius 1 is 1.36 bits per heavy atom. The molecule has 3 rings (SSSR count). The Hall–Kier alpha value is -1.40. The standard InChI is InChI=1S/C16H21NO4S/c1-9-5-6-10-12(8-9)22-15(13(10)16(19)20-2)17-14(18)11-4-3-7-21-11/h9,11H,3-8H2,1-2H3,(H,17,18)/t9-,11-/m1/s1. The topological polar surface area (TPSA) is 64.6 Å². The smallest absolute Gasteiger partial charge is 0.341 e. The molecule has 1 N–H and O–H groups in total. The van der Waals surface area contributed by atoms with E-state index in [2.05, 4.69) is 12.2 Å². The van der Waals surface area contributed by atoms with E-state index >= 15 is 0 Å². The van der Waals surface area contributed by atoms with Crippen LogP contribution in [0.3, 0.4) is 0 Å². The van der Waals surface area contributed by atoms with Crippen molar-refractivity contribution in [2.75, 3.05) is 19.0 Å². The van der Waals surface area contributed by atoms with Crippen molar-refractivity contribution in [2.24, 2.45) is 5.92 Å². The van der Waals surface area contributed by atoms with Gasteiger partial charge in [-0.3, -0.25) is 4.79 Å². The normalized spacial score (nSPS) is 23.9. The maximum atomic E-state index is 12.3. The van der Waals surface area contributed by atoms with Crippen LogP contribution >= 0.6 is 11.3 Å². The summed E-state index contributed by atoms with van der Waals surface area (Å²) in [5.74, 6) is 0.0855. The van der Waals surface area contributed by atoms with Gasteiger partial charge in [0.2, 0.25) is 0 Å². The molecule has 2 aliphatic rings. The van der Waals surface area contributed by atoms with Crippen LogP contribution in [0.4, 0.5) is 5.00 Å². The fraction of sp³-hybridized carbons (Fsp3) is 0.625. The number of ether oxygens (including phenoxy) is 2. The van der Waals surface area contributed by atoms with Gasteiger partial charge in [-0.1, -0.05) is 6.92 Å². The number of methoxy groups -OCH3 is 1. The molecule has 0 saturated carbocycles. The van der Waals surface area contributed by atoms with Gasteiger partial charge in [-0.05, 0) is 43.6 Å². The number of fused-ring (bicyclic) bond motifs is 1. The summed E-state index contributed by atoms with van der Waals surface area (Å²) in [6, 6.07) is 0. The lowest BCUT2D eigenvalue weighted by Crippen LogP contribution is -2.27. The predicted molar refractivity (Wildman–Crippen MR) is 84.5 cm³/mol. The molecule has 0 aromatic carbocycles. The zero-order valence-corrected chi connectivity index (χ0v) is 13.8. The number of amides is 1. The molecule has 5 nitrogen and oxygen atoms in total. The Kier molecular flexibility index (Phi) is 4.49. The van der Waals surface area contributed by atoms with Gasteiger partial charge >= 0.3 is 5.97 Å². The minimum atomic E-state index is -0.399. The lowest BCUT2D eigenvalue weighted by atomic mass is 9.88. The van der Waals surface area contributed by atoms with E-state index in [1.54, 1.807) is 0 Å². The Morgan fingerprint density at radius 3 is 2.86 bits per heavy atom. The quantitative estimate of drug-likeness (QED) is 0.869. The molecule has 1 fully saturated rings. The van der Waals surface area contributed by atoms with Crippen LogP contribution in [0.25, 0.3) is 0 Å². The summed E-state index contributed by atoms with van der Waals surface area (Å²) in [6.07, 6.45) is 4.13. The highest BCUT2D eigenvalue weighted by Crippen LogP contribution is 2.40. The molecule has 1 aliphatic heterocycles. The van der Waals surface area contributed by atoms with Gasteiger partial charge in [0.25, 0.3) is 5.91 Å². The van der Waals surface area contributed by atoms with Crippen molar-refractivity contribution in [3.63, 3.8) is 0 Å². The number of nitrogens with one attached hydrogen (secondary N) is 1. The highest BCUT2D eigenvalue weighted by atomic mass is 32.1. The second kappa shape index (κ2) is 6.38.